The Morgan fingerprint density at radius 2 is 2.06 bits per heavy atom. The highest BCUT2D eigenvalue weighted by Crippen LogP contribution is 2.26. The molecule has 1 fully saturated rings. The molecule has 1 saturated carbocycles. The van der Waals surface area contributed by atoms with Gasteiger partial charge < -0.3 is 10.1 Å². The summed E-state index contributed by atoms with van der Waals surface area (Å²) in [6, 6.07) is 4.28. The predicted molar refractivity (Wildman–Crippen MR) is 66.7 cm³/mol. The van der Waals surface area contributed by atoms with Gasteiger partial charge in [0.15, 0.2) is 11.6 Å². The molecule has 4 heteroatoms. The number of halogens is 2. The van der Waals surface area contributed by atoms with Crippen LogP contribution in [-0.2, 0) is 0 Å². The van der Waals surface area contributed by atoms with E-state index in [2.05, 4.69) is 5.32 Å². The molecule has 0 spiro atoms. The van der Waals surface area contributed by atoms with Gasteiger partial charge in [-0.2, -0.15) is 4.39 Å². The molecule has 0 radical (unpaired) electrons. The Hall–Kier alpha value is -1.16. The Morgan fingerprint density at radius 3 is 2.83 bits per heavy atom. The molecule has 1 aliphatic carbocycles. The topological polar surface area (TPSA) is 21.3 Å². The van der Waals surface area contributed by atoms with Crippen LogP contribution in [-0.4, -0.2) is 18.7 Å². The number of likely N-dealkylation sites (N-methyl/N-ethyl adjacent to an activating group) is 1. The Bertz CT molecular complexity index is 395. The van der Waals surface area contributed by atoms with Gasteiger partial charge in [0.25, 0.3) is 0 Å². The lowest BCUT2D eigenvalue weighted by Crippen LogP contribution is -2.45. The van der Waals surface area contributed by atoms with Crippen molar-refractivity contribution in [2.24, 2.45) is 0 Å². The molecule has 100 valence electrons. The molecule has 2 unspecified atom stereocenters. The highest BCUT2D eigenvalue weighted by atomic mass is 19.2. The molecular weight excluding hydrogens is 236 g/mol. The van der Waals surface area contributed by atoms with E-state index in [9.17, 15) is 8.78 Å². The van der Waals surface area contributed by atoms with Gasteiger partial charge in [-0.05, 0) is 37.9 Å². The molecule has 1 aromatic carbocycles. The van der Waals surface area contributed by atoms with Gasteiger partial charge in [-0.25, -0.2) is 4.39 Å². The van der Waals surface area contributed by atoms with E-state index in [-0.39, 0.29) is 17.9 Å². The molecule has 1 aliphatic rings. The summed E-state index contributed by atoms with van der Waals surface area (Å²) in [6.07, 6.45) is 4.06. The fourth-order valence-corrected chi connectivity index (χ4v) is 2.47. The van der Waals surface area contributed by atoms with E-state index in [1.165, 1.54) is 12.1 Å². The Balaban J connectivity index is 2.08. The van der Waals surface area contributed by atoms with Crippen LogP contribution in [0.2, 0.25) is 0 Å². The van der Waals surface area contributed by atoms with Gasteiger partial charge in [0.1, 0.15) is 6.10 Å². The summed E-state index contributed by atoms with van der Waals surface area (Å²) in [5.41, 5.74) is 0. The Labute approximate surface area is 106 Å². The third-order valence-corrected chi connectivity index (χ3v) is 3.36. The maximum Gasteiger partial charge on any atom is 0.200 e. The summed E-state index contributed by atoms with van der Waals surface area (Å²) >= 11 is 0. The zero-order valence-corrected chi connectivity index (χ0v) is 10.6. The largest absolute Gasteiger partial charge is 0.486 e. The monoisotopic (exact) mass is 255 g/mol. The lowest BCUT2D eigenvalue weighted by atomic mass is 9.92. The van der Waals surface area contributed by atoms with Crippen molar-refractivity contribution in [2.75, 3.05) is 6.54 Å². The second-order valence-electron chi connectivity index (χ2n) is 4.66. The Morgan fingerprint density at radius 1 is 1.28 bits per heavy atom. The average molecular weight is 255 g/mol. The summed E-state index contributed by atoms with van der Waals surface area (Å²) in [7, 11) is 0. The highest BCUT2D eigenvalue weighted by Gasteiger charge is 2.27. The van der Waals surface area contributed by atoms with E-state index in [0.29, 0.717) is 0 Å². The van der Waals surface area contributed by atoms with E-state index in [1.54, 1.807) is 0 Å². The van der Waals surface area contributed by atoms with Crippen molar-refractivity contribution in [2.45, 2.75) is 44.8 Å². The molecule has 0 aliphatic heterocycles. The van der Waals surface area contributed by atoms with Crippen LogP contribution < -0.4 is 10.1 Å². The third kappa shape index (κ3) is 2.99. The molecule has 0 bridgehead atoms. The van der Waals surface area contributed by atoms with Gasteiger partial charge in [0.05, 0.1) is 0 Å². The van der Waals surface area contributed by atoms with Gasteiger partial charge >= 0.3 is 0 Å². The molecule has 18 heavy (non-hydrogen) atoms. The van der Waals surface area contributed by atoms with Crippen molar-refractivity contribution in [1.82, 2.24) is 5.32 Å². The smallest absolute Gasteiger partial charge is 0.200 e. The first-order valence-corrected chi connectivity index (χ1v) is 6.56. The van der Waals surface area contributed by atoms with E-state index in [1.807, 2.05) is 6.92 Å². The molecule has 0 aromatic heterocycles. The second-order valence-corrected chi connectivity index (χ2v) is 4.66. The van der Waals surface area contributed by atoms with Crippen LogP contribution in [0.3, 0.4) is 0 Å². The fourth-order valence-electron chi connectivity index (χ4n) is 2.47. The standard InChI is InChI=1S/C14H19F2NO/c1-2-17-11-7-3-4-8-12(11)18-13-9-5-6-10(15)14(13)16/h5-6,9,11-12,17H,2-4,7-8H2,1H3. The molecule has 0 heterocycles. The van der Waals surface area contributed by atoms with E-state index in [4.69, 9.17) is 4.74 Å². The number of rotatable bonds is 4. The number of nitrogens with one attached hydrogen (secondary N) is 1. The summed E-state index contributed by atoms with van der Waals surface area (Å²) in [5.74, 6) is -1.73. The second kappa shape index (κ2) is 6.14. The van der Waals surface area contributed by atoms with Crippen molar-refractivity contribution in [1.29, 1.82) is 0 Å². The quantitative estimate of drug-likeness (QED) is 0.891. The van der Waals surface area contributed by atoms with Crippen LogP contribution in [0.5, 0.6) is 5.75 Å². The third-order valence-electron chi connectivity index (χ3n) is 3.36. The lowest BCUT2D eigenvalue weighted by Gasteiger charge is -2.32. The SMILES string of the molecule is CCNC1CCCCC1Oc1cccc(F)c1F. The van der Waals surface area contributed by atoms with Crippen LogP contribution in [0, 0.1) is 11.6 Å². The van der Waals surface area contributed by atoms with Crippen LogP contribution in [0.15, 0.2) is 18.2 Å². The molecule has 2 nitrogen and oxygen atoms in total. The van der Waals surface area contributed by atoms with Crippen LogP contribution in [0.1, 0.15) is 32.6 Å². The van der Waals surface area contributed by atoms with Gasteiger partial charge in [0.2, 0.25) is 5.82 Å². The van der Waals surface area contributed by atoms with Crippen molar-refractivity contribution < 1.29 is 13.5 Å². The zero-order valence-electron chi connectivity index (χ0n) is 10.6. The number of ether oxygens (including phenoxy) is 1. The van der Waals surface area contributed by atoms with Crippen molar-refractivity contribution in [3.63, 3.8) is 0 Å². The first-order chi connectivity index (χ1) is 8.72. The maximum absolute atomic E-state index is 13.5. The molecular formula is C14H19F2NO. The minimum Gasteiger partial charge on any atom is -0.486 e. The maximum atomic E-state index is 13.5. The first-order valence-electron chi connectivity index (χ1n) is 6.56. The zero-order chi connectivity index (χ0) is 13.0. The fraction of sp³-hybridized carbons (Fsp3) is 0.571. The van der Waals surface area contributed by atoms with E-state index in [0.717, 1.165) is 38.3 Å². The van der Waals surface area contributed by atoms with Gasteiger partial charge in [0, 0.05) is 6.04 Å². The van der Waals surface area contributed by atoms with Crippen molar-refractivity contribution in [3.05, 3.63) is 29.8 Å². The molecule has 0 amide bonds. The minimum absolute atomic E-state index is 0.0183. The number of hydrogen-bond donors (Lipinski definition) is 1. The molecule has 2 rings (SSSR count). The number of hydrogen-bond acceptors (Lipinski definition) is 2. The predicted octanol–water partition coefficient (Wildman–Crippen LogP) is 3.26. The number of benzene rings is 1. The highest BCUT2D eigenvalue weighted by molar-refractivity contribution is 5.25. The molecule has 2 atom stereocenters. The average Bonchev–Trinajstić information content (AvgIpc) is 2.37. The summed E-state index contributed by atoms with van der Waals surface area (Å²) in [5, 5.41) is 3.35. The van der Waals surface area contributed by atoms with Crippen molar-refractivity contribution >= 4 is 0 Å². The summed E-state index contributed by atoms with van der Waals surface area (Å²) < 4.78 is 32.3. The van der Waals surface area contributed by atoms with Crippen LogP contribution in [0.25, 0.3) is 0 Å². The van der Waals surface area contributed by atoms with Gasteiger partial charge in [-0.3, -0.25) is 0 Å². The van der Waals surface area contributed by atoms with Gasteiger partial charge in [-0.1, -0.05) is 19.4 Å². The van der Waals surface area contributed by atoms with Gasteiger partial charge in [-0.15, -0.1) is 0 Å². The Kier molecular flexibility index (Phi) is 4.53. The first kappa shape index (κ1) is 13.3. The van der Waals surface area contributed by atoms with E-state index < -0.39 is 11.6 Å². The van der Waals surface area contributed by atoms with Crippen LogP contribution >= 0.6 is 0 Å². The van der Waals surface area contributed by atoms with Crippen molar-refractivity contribution in [3.8, 4) is 5.75 Å². The molecule has 0 saturated heterocycles. The molecule has 1 N–H and O–H groups in total. The van der Waals surface area contributed by atoms with E-state index >= 15 is 0 Å². The minimum atomic E-state index is -0.890. The summed E-state index contributed by atoms with van der Waals surface area (Å²) in [6.45, 7) is 2.89. The normalized spacial score (nSPS) is 23.9. The summed E-state index contributed by atoms with van der Waals surface area (Å²) in [4.78, 5) is 0. The lowest BCUT2D eigenvalue weighted by molar-refractivity contribution is 0.109. The van der Waals surface area contributed by atoms with Crippen LogP contribution in [0.4, 0.5) is 8.78 Å². The molecule has 1 aromatic rings.